The van der Waals surface area contributed by atoms with Gasteiger partial charge in [0, 0.05) is 26.1 Å². The molecule has 4 nitrogen and oxygen atoms in total. The first kappa shape index (κ1) is 12.5. The van der Waals surface area contributed by atoms with Crippen molar-refractivity contribution in [1.82, 2.24) is 4.90 Å². The molecule has 0 aromatic heterocycles. The third-order valence-electron chi connectivity index (χ3n) is 4.17. The minimum atomic E-state index is -0.669. The van der Waals surface area contributed by atoms with Gasteiger partial charge in [-0.25, -0.2) is 0 Å². The number of hydrogen-bond acceptors (Lipinski definition) is 3. The maximum atomic E-state index is 11.1. The monoisotopic (exact) mass is 261 g/mol. The lowest BCUT2D eigenvalue weighted by molar-refractivity contribution is -0.142. The van der Waals surface area contributed by atoms with Crippen molar-refractivity contribution >= 4 is 5.97 Å². The second-order valence-electron chi connectivity index (χ2n) is 5.66. The Morgan fingerprint density at radius 2 is 2.32 bits per heavy atom. The van der Waals surface area contributed by atoms with Crippen LogP contribution in [0.3, 0.4) is 0 Å². The summed E-state index contributed by atoms with van der Waals surface area (Å²) in [6, 6.07) is 6.32. The lowest BCUT2D eigenvalue weighted by Crippen LogP contribution is -2.23. The first-order chi connectivity index (χ1) is 9.13. The highest BCUT2D eigenvalue weighted by Gasteiger charge is 2.34. The van der Waals surface area contributed by atoms with Crippen molar-refractivity contribution in [3.05, 3.63) is 29.3 Å². The van der Waals surface area contributed by atoms with Gasteiger partial charge in [-0.15, -0.1) is 0 Å². The van der Waals surface area contributed by atoms with E-state index in [0.29, 0.717) is 6.54 Å². The fraction of sp³-hybridized carbons (Fsp3) is 0.533. The van der Waals surface area contributed by atoms with Gasteiger partial charge in [-0.3, -0.25) is 9.69 Å². The fourth-order valence-corrected chi connectivity index (χ4v) is 3.11. The third-order valence-corrected chi connectivity index (χ3v) is 4.17. The zero-order valence-electron chi connectivity index (χ0n) is 11.1. The van der Waals surface area contributed by atoms with Crippen LogP contribution < -0.4 is 4.74 Å². The Balaban J connectivity index is 1.68. The molecule has 0 amide bonds. The number of hydrogen-bond donors (Lipinski definition) is 1. The lowest BCUT2D eigenvalue weighted by atomic mass is 9.99. The topological polar surface area (TPSA) is 49.8 Å². The highest BCUT2D eigenvalue weighted by Crippen LogP contribution is 2.28. The molecule has 1 aromatic rings. The van der Waals surface area contributed by atoms with Gasteiger partial charge in [-0.1, -0.05) is 19.1 Å². The number of likely N-dealkylation sites (tertiary alicyclic amines) is 1. The summed E-state index contributed by atoms with van der Waals surface area (Å²) in [5.74, 6) is 0.340. The van der Waals surface area contributed by atoms with Gasteiger partial charge in [0.1, 0.15) is 5.75 Å². The van der Waals surface area contributed by atoms with Crippen LogP contribution in [0.4, 0.5) is 0 Å². The van der Waals surface area contributed by atoms with E-state index in [0.717, 1.165) is 31.9 Å². The lowest BCUT2D eigenvalue weighted by Gasteiger charge is -2.15. The Hall–Kier alpha value is -1.55. The predicted octanol–water partition coefficient (Wildman–Crippen LogP) is 1.77. The van der Waals surface area contributed by atoms with Crippen molar-refractivity contribution < 1.29 is 14.6 Å². The van der Waals surface area contributed by atoms with Gasteiger partial charge in [-0.2, -0.15) is 0 Å². The molecule has 2 aliphatic rings. The maximum absolute atomic E-state index is 11.1. The Morgan fingerprint density at radius 1 is 1.47 bits per heavy atom. The number of rotatable bonds is 3. The van der Waals surface area contributed by atoms with E-state index in [1.165, 1.54) is 11.1 Å². The van der Waals surface area contributed by atoms with Crippen LogP contribution in [-0.4, -0.2) is 35.7 Å². The minimum Gasteiger partial charge on any atom is -0.493 e. The summed E-state index contributed by atoms with van der Waals surface area (Å²) in [7, 11) is 0. The molecular formula is C15H19NO3. The fourth-order valence-electron chi connectivity index (χ4n) is 3.11. The van der Waals surface area contributed by atoms with E-state index < -0.39 is 5.97 Å². The van der Waals surface area contributed by atoms with Gasteiger partial charge in [0.25, 0.3) is 0 Å². The number of carboxylic acids is 1. The summed E-state index contributed by atoms with van der Waals surface area (Å²) in [5, 5.41) is 9.15. The normalized spacial score (nSPS) is 26.2. The van der Waals surface area contributed by atoms with Gasteiger partial charge in [0.15, 0.2) is 0 Å². The molecule has 0 radical (unpaired) electrons. The molecule has 2 atom stereocenters. The Labute approximate surface area is 113 Å². The van der Waals surface area contributed by atoms with Crippen LogP contribution in [0.2, 0.25) is 0 Å². The number of aliphatic carboxylic acids is 1. The van der Waals surface area contributed by atoms with E-state index in [9.17, 15) is 4.79 Å². The molecule has 1 fully saturated rings. The zero-order chi connectivity index (χ0) is 13.4. The smallest absolute Gasteiger partial charge is 0.308 e. The van der Waals surface area contributed by atoms with Crippen molar-refractivity contribution in [1.29, 1.82) is 0 Å². The van der Waals surface area contributed by atoms with Crippen LogP contribution in [-0.2, 0) is 17.8 Å². The summed E-state index contributed by atoms with van der Waals surface area (Å²) < 4.78 is 5.50. The largest absolute Gasteiger partial charge is 0.493 e. The Kier molecular flexibility index (Phi) is 3.19. The molecule has 102 valence electrons. The Bertz CT molecular complexity index is 500. The molecule has 1 aromatic carbocycles. The van der Waals surface area contributed by atoms with Gasteiger partial charge in [0.2, 0.25) is 0 Å². The van der Waals surface area contributed by atoms with E-state index in [-0.39, 0.29) is 11.8 Å². The second kappa shape index (κ2) is 4.85. The average molecular weight is 261 g/mol. The molecular weight excluding hydrogens is 242 g/mol. The minimum absolute atomic E-state index is 0.224. The molecule has 19 heavy (non-hydrogen) atoms. The van der Waals surface area contributed by atoms with Crippen molar-refractivity contribution in [2.75, 3.05) is 19.7 Å². The average Bonchev–Trinajstić information content (AvgIpc) is 2.95. The number of carboxylic acid groups (broad SMARTS) is 1. The van der Waals surface area contributed by atoms with E-state index in [4.69, 9.17) is 9.84 Å². The summed E-state index contributed by atoms with van der Waals surface area (Å²) >= 11 is 0. The van der Waals surface area contributed by atoms with Crippen LogP contribution in [0.5, 0.6) is 5.75 Å². The molecule has 0 bridgehead atoms. The van der Waals surface area contributed by atoms with Crippen molar-refractivity contribution in [2.24, 2.45) is 11.8 Å². The molecule has 0 spiro atoms. The molecule has 4 heteroatoms. The first-order valence-electron chi connectivity index (χ1n) is 6.83. The molecule has 2 aliphatic heterocycles. The van der Waals surface area contributed by atoms with E-state index in [2.05, 4.69) is 17.0 Å². The Morgan fingerprint density at radius 3 is 3.05 bits per heavy atom. The summed E-state index contributed by atoms with van der Waals surface area (Å²) in [5.41, 5.74) is 2.53. The van der Waals surface area contributed by atoms with Crippen molar-refractivity contribution in [3.8, 4) is 5.75 Å². The number of ether oxygens (including phenoxy) is 1. The van der Waals surface area contributed by atoms with Crippen LogP contribution in [0.15, 0.2) is 18.2 Å². The number of benzene rings is 1. The number of nitrogens with zero attached hydrogens (tertiary/aromatic N) is 1. The predicted molar refractivity (Wildman–Crippen MR) is 71.2 cm³/mol. The van der Waals surface area contributed by atoms with Gasteiger partial charge >= 0.3 is 5.97 Å². The highest BCUT2D eigenvalue weighted by atomic mass is 16.5. The summed E-state index contributed by atoms with van der Waals surface area (Å²) in [4.78, 5) is 13.4. The first-order valence-corrected chi connectivity index (χ1v) is 6.83. The number of carbonyl (C=O) groups is 1. The summed E-state index contributed by atoms with van der Waals surface area (Å²) in [6.45, 7) is 5.16. The molecule has 1 N–H and O–H groups in total. The van der Waals surface area contributed by atoms with E-state index >= 15 is 0 Å². The van der Waals surface area contributed by atoms with Crippen molar-refractivity contribution in [3.63, 3.8) is 0 Å². The van der Waals surface area contributed by atoms with Crippen LogP contribution in [0, 0.1) is 11.8 Å². The molecule has 0 aliphatic carbocycles. The maximum Gasteiger partial charge on any atom is 0.308 e. The molecule has 0 unspecified atom stereocenters. The van der Waals surface area contributed by atoms with E-state index in [1.54, 1.807) is 0 Å². The molecule has 0 saturated carbocycles. The second-order valence-corrected chi connectivity index (χ2v) is 5.66. The van der Waals surface area contributed by atoms with E-state index in [1.807, 2.05) is 13.0 Å². The molecule has 3 rings (SSSR count). The van der Waals surface area contributed by atoms with Gasteiger partial charge in [0.05, 0.1) is 12.5 Å². The van der Waals surface area contributed by atoms with Crippen LogP contribution in [0.25, 0.3) is 0 Å². The van der Waals surface area contributed by atoms with Crippen LogP contribution in [0.1, 0.15) is 18.1 Å². The number of fused-ring (bicyclic) bond motifs is 1. The third kappa shape index (κ3) is 2.45. The zero-order valence-corrected chi connectivity index (χ0v) is 11.1. The summed E-state index contributed by atoms with van der Waals surface area (Å²) in [6.07, 6.45) is 0.983. The van der Waals surface area contributed by atoms with Gasteiger partial charge in [-0.05, 0) is 23.1 Å². The quantitative estimate of drug-likeness (QED) is 0.901. The molecule has 2 heterocycles. The SMILES string of the molecule is C[C@@H]1CN(Cc2ccc3c(c2)CCO3)C[C@H]1C(=O)O. The van der Waals surface area contributed by atoms with Gasteiger partial charge < -0.3 is 9.84 Å². The van der Waals surface area contributed by atoms with Crippen molar-refractivity contribution in [2.45, 2.75) is 19.9 Å². The standard InChI is InChI=1S/C15H19NO3/c1-10-7-16(9-13(10)15(17)18)8-11-2-3-14-12(6-11)4-5-19-14/h2-3,6,10,13H,4-5,7-9H2,1H3,(H,17,18)/t10-,13-/m1/s1. The molecule has 1 saturated heterocycles. The van der Waals surface area contributed by atoms with Crippen LogP contribution >= 0.6 is 0 Å². The highest BCUT2D eigenvalue weighted by molar-refractivity contribution is 5.71.